The molecule has 0 bridgehead atoms. The number of carbonyl (C=O) groups is 3. The Labute approximate surface area is 176 Å². The Kier molecular flexibility index (Phi) is 6.26. The predicted molar refractivity (Wildman–Crippen MR) is 112 cm³/mol. The molecule has 0 aliphatic heterocycles. The smallest absolute Gasteiger partial charge is 0.348 e. The fourth-order valence-corrected chi connectivity index (χ4v) is 3.88. The molecule has 0 unspecified atom stereocenters. The topological polar surface area (TPSA) is 134 Å². The van der Waals surface area contributed by atoms with E-state index in [0.29, 0.717) is 31.9 Å². The number of benzene rings is 1. The lowest BCUT2D eigenvalue weighted by Gasteiger charge is -2.07. The van der Waals surface area contributed by atoms with Gasteiger partial charge >= 0.3 is 11.9 Å². The number of hydrogen-bond acceptors (Lipinski definition) is 9. The van der Waals surface area contributed by atoms with Crippen LogP contribution in [0.25, 0.3) is 10.2 Å². The third-order valence-corrected chi connectivity index (χ3v) is 5.26. The number of thiophene rings is 1. The Morgan fingerprint density at radius 1 is 1.10 bits per heavy atom. The van der Waals surface area contributed by atoms with E-state index in [4.69, 9.17) is 15.2 Å². The molecule has 0 aliphatic carbocycles. The van der Waals surface area contributed by atoms with Crippen LogP contribution in [0.4, 0.5) is 11.5 Å². The molecule has 3 rings (SSSR count). The second-order valence-corrected chi connectivity index (χ2v) is 7.32. The number of nitrogens with zero attached hydrogens (tertiary/aromatic N) is 2. The van der Waals surface area contributed by atoms with Gasteiger partial charge in [-0.15, -0.1) is 11.3 Å². The summed E-state index contributed by atoms with van der Waals surface area (Å²) in [6.45, 7) is 4.97. The number of aryl methyl sites for hydroxylation is 1. The van der Waals surface area contributed by atoms with Crippen molar-refractivity contribution < 1.29 is 23.9 Å². The van der Waals surface area contributed by atoms with Crippen LogP contribution in [-0.2, 0) is 20.9 Å². The number of ether oxygens (including phenoxy) is 2. The number of fused-ring (bicyclic) bond motifs is 1. The molecule has 10 heteroatoms. The number of esters is 2. The zero-order chi connectivity index (χ0) is 21.8. The van der Waals surface area contributed by atoms with E-state index in [-0.39, 0.29) is 30.8 Å². The van der Waals surface area contributed by atoms with Crippen LogP contribution in [-0.4, -0.2) is 34.4 Å². The third-order valence-electron chi connectivity index (χ3n) is 4.10. The van der Waals surface area contributed by atoms with E-state index < -0.39 is 11.9 Å². The maximum Gasteiger partial charge on any atom is 0.348 e. The van der Waals surface area contributed by atoms with Crippen molar-refractivity contribution in [3.8, 4) is 0 Å². The van der Waals surface area contributed by atoms with Crippen molar-refractivity contribution in [2.45, 2.75) is 27.4 Å². The molecule has 1 aromatic carbocycles. The first-order valence-corrected chi connectivity index (χ1v) is 9.89. The minimum absolute atomic E-state index is 0.182. The van der Waals surface area contributed by atoms with Gasteiger partial charge in [0.15, 0.2) is 12.4 Å². The van der Waals surface area contributed by atoms with E-state index in [9.17, 15) is 14.4 Å². The molecule has 0 atom stereocenters. The van der Waals surface area contributed by atoms with Crippen LogP contribution in [0.5, 0.6) is 0 Å². The van der Waals surface area contributed by atoms with Crippen molar-refractivity contribution in [3.63, 3.8) is 0 Å². The number of aromatic nitrogens is 2. The summed E-state index contributed by atoms with van der Waals surface area (Å²) in [6, 6.07) is 6.29. The van der Waals surface area contributed by atoms with Gasteiger partial charge in [0, 0.05) is 12.6 Å². The minimum atomic E-state index is -0.568. The van der Waals surface area contributed by atoms with Crippen LogP contribution >= 0.6 is 11.3 Å². The Morgan fingerprint density at radius 3 is 2.43 bits per heavy atom. The quantitative estimate of drug-likeness (QED) is 0.572. The zero-order valence-electron chi connectivity index (χ0n) is 16.6. The number of nitrogen functional groups attached to an aromatic ring is 1. The fourth-order valence-electron chi connectivity index (χ4n) is 2.78. The fraction of sp³-hybridized carbons (Fsp3) is 0.250. The van der Waals surface area contributed by atoms with Crippen LogP contribution in [0.2, 0.25) is 0 Å². The molecular formula is C20H20N4O5S. The standard InChI is InChI=1S/C20H20N4O5S/c1-4-28-20(27)16-10(2)15-17(21)23-14(24-18(15)30-16)9-29-19(26)12-5-7-13(8-6-12)22-11(3)25/h5-8H,4,9H2,1-3H3,(H,22,25)(H2,21,23,24). The molecule has 2 aromatic heterocycles. The highest BCUT2D eigenvalue weighted by Gasteiger charge is 2.21. The van der Waals surface area contributed by atoms with E-state index in [1.54, 1.807) is 38.1 Å². The molecule has 2 heterocycles. The van der Waals surface area contributed by atoms with Gasteiger partial charge in [0.1, 0.15) is 15.5 Å². The highest BCUT2D eigenvalue weighted by molar-refractivity contribution is 7.20. The second kappa shape index (κ2) is 8.87. The molecule has 1 amide bonds. The van der Waals surface area contributed by atoms with Crippen molar-refractivity contribution in [2.75, 3.05) is 17.7 Å². The average molecular weight is 428 g/mol. The van der Waals surface area contributed by atoms with E-state index in [2.05, 4.69) is 15.3 Å². The molecule has 0 aliphatic rings. The first-order chi connectivity index (χ1) is 14.3. The first kappa shape index (κ1) is 21.2. The van der Waals surface area contributed by atoms with E-state index >= 15 is 0 Å². The lowest BCUT2D eigenvalue weighted by atomic mass is 10.2. The van der Waals surface area contributed by atoms with Gasteiger partial charge in [-0.25, -0.2) is 19.6 Å². The van der Waals surface area contributed by atoms with Crippen LogP contribution < -0.4 is 11.1 Å². The van der Waals surface area contributed by atoms with Crippen molar-refractivity contribution in [1.82, 2.24) is 9.97 Å². The highest BCUT2D eigenvalue weighted by atomic mass is 32.1. The lowest BCUT2D eigenvalue weighted by molar-refractivity contribution is -0.114. The second-order valence-electron chi connectivity index (χ2n) is 6.32. The first-order valence-electron chi connectivity index (χ1n) is 9.07. The molecule has 30 heavy (non-hydrogen) atoms. The molecule has 0 spiro atoms. The molecule has 0 radical (unpaired) electrons. The van der Waals surface area contributed by atoms with Crippen molar-refractivity contribution in [2.24, 2.45) is 0 Å². The molecule has 9 nitrogen and oxygen atoms in total. The molecule has 0 saturated carbocycles. The maximum atomic E-state index is 12.3. The molecule has 3 N–H and O–H groups in total. The number of amides is 1. The van der Waals surface area contributed by atoms with Gasteiger partial charge in [0.2, 0.25) is 5.91 Å². The van der Waals surface area contributed by atoms with Crippen LogP contribution in [0, 0.1) is 6.92 Å². The van der Waals surface area contributed by atoms with E-state index in [1.165, 1.54) is 6.92 Å². The van der Waals surface area contributed by atoms with Gasteiger partial charge in [0.25, 0.3) is 0 Å². The number of anilines is 2. The van der Waals surface area contributed by atoms with Crippen molar-refractivity contribution >= 4 is 50.9 Å². The Morgan fingerprint density at radius 2 is 1.80 bits per heavy atom. The average Bonchev–Trinajstić information content (AvgIpc) is 3.03. The SMILES string of the molecule is CCOC(=O)c1sc2nc(COC(=O)c3ccc(NC(C)=O)cc3)nc(N)c2c1C. The van der Waals surface area contributed by atoms with Crippen LogP contribution in [0.3, 0.4) is 0 Å². The number of rotatable bonds is 6. The number of hydrogen-bond donors (Lipinski definition) is 2. The Hall–Kier alpha value is -3.53. The minimum Gasteiger partial charge on any atom is -0.462 e. The summed E-state index contributed by atoms with van der Waals surface area (Å²) in [4.78, 5) is 44.9. The summed E-state index contributed by atoms with van der Waals surface area (Å²) >= 11 is 1.16. The summed E-state index contributed by atoms with van der Waals surface area (Å²) < 4.78 is 10.3. The molecule has 3 aromatic rings. The van der Waals surface area contributed by atoms with Gasteiger partial charge in [-0.05, 0) is 43.7 Å². The highest BCUT2D eigenvalue weighted by Crippen LogP contribution is 2.33. The van der Waals surface area contributed by atoms with E-state index in [0.717, 1.165) is 11.3 Å². The van der Waals surface area contributed by atoms with Gasteiger partial charge in [-0.2, -0.15) is 0 Å². The summed E-state index contributed by atoms with van der Waals surface area (Å²) in [5.41, 5.74) is 7.60. The normalized spacial score (nSPS) is 10.6. The van der Waals surface area contributed by atoms with Gasteiger partial charge in [-0.1, -0.05) is 0 Å². The lowest BCUT2D eigenvalue weighted by Crippen LogP contribution is -2.09. The number of nitrogens with two attached hydrogens (primary N) is 1. The third kappa shape index (κ3) is 4.54. The molecule has 0 fully saturated rings. The van der Waals surface area contributed by atoms with Gasteiger partial charge in [-0.3, -0.25) is 4.79 Å². The monoisotopic (exact) mass is 428 g/mol. The number of nitrogens with one attached hydrogen (secondary N) is 1. The Balaban J connectivity index is 1.75. The van der Waals surface area contributed by atoms with Crippen LogP contribution in [0.1, 0.15) is 45.3 Å². The van der Waals surface area contributed by atoms with Crippen molar-refractivity contribution in [3.05, 3.63) is 46.1 Å². The van der Waals surface area contributed by atoms with Gasteiger partial charge in [0.05, 0.1) is 17.6 Å². The summed E-state index contributed by atoms with van der Waals surface area (Å²) in [5, 5.41) is 3.21. The van der Waals surface area contributed by atoms with Gasteiger partial charge < -0.3 is 20.5 Å². The maximum absolute atomic E-state index is 12.3. The summed E-state index contributed by atoms with van der Waals surface area (Å²) in [7, 11) is 0. The summed E-state index contributed by atoms with van der Waals surface area (Å²) in [6.07, 6.45) is 0. The number of carbonyl (C=O) groups excluding carboxylic acids is 3. The van der Waals surface area contributed by atoms with Crippen molar-refractivity contribution in [1.29, 1.82) is 0 Å². The largest absolute Gasteiger partial charge is 0.462 e. The molecule has 156 valence electrons. The summed E-state index contributed by atoms with van der Waals surface area (Å²) in [5.74, 6) is -0.783. The Bertz CT molecular complexity index is 1120. The predicted octanol–water partition coefficient (Wildman–Crippen LogP) is 3.07. The zero-order valence-corrected chi connectivity index (χ0v) is 17.5. The van der Waals surface area contributed by atoms with Crippen LogP contribution in [0.15, 0.2) is 24.3 Å². The molecular weight excluding hydrogens is 408 g/mol. The molecule has 0 saturated heterocycles. The van der Waals surface area contributed by atoms with E-state index in [1.807, 2.05) is 0 Å².